The van der Waals surface area contributed by atoms with Gasteiger partial charge in [0.2, 0.25) is 11.7 Å². The van der Waals surface area contributed by atoms with Crippen molar-refractivity contribution in [3.63, 3.8) is 0 Å². The van der Waals surface area contributed by atoms with Gasteiger partial charge in [-0.15, -0.1) is 0 Å². The topological polar surface area (TPSA) is 54.3 Å². The van der Waals surface area contributed by atoms with Gasteiger partial charge < -0.3 is 15.1 Å². The number of alkyl halides is 3. The van der Waals surface area contributed by atoms with E-state index in [1.807, 2.05) is 0 Å². The highest BCUT2D eigenvalue weighted by Gasteiger charge is 2.39. The zero-order valence-electron chi connectivity index (χ0n) is 9.73. The van der Waals surface area contributed by atoms with Gasteiger partial charge in [-0.05, 0) is 26.3 Å². The summed E-state index contributed by atoms with van der Waals surface area (Å²) < 4.78 is 42.5. The van der Waals surface area contributed by atoms with Gasteiger partial charge in [-0.25, -0.2) is 0 Å². The molecule has 1 saturated heterocycles. The van der Waals surface area contributed by atoms with E-state index in [0.29, 0.717) is 13.0 Å². The normalized spacial score (nSPS) is 20.1. The van der Waals surface area contributed by atoms with Crippen molar-refractivity contribution in [2.75, 3.05) is 11.9 Å². The maximum absolute atomic E-state index is 12.6. The van der Waals surface area contributed by atoms with Crippen LogP contribution in [-0.2, 0) is 11.0 Å². The third-order valence-corrected chi connectivity index (χ3v) is 2.75. The van der Waals surface area contributed by atoms with Crippen LogP contribution in [0.1, 0.15) is 24.4 Å². The van der Waals surface area contributed by atoms with E-state index in [9.17, 15) is 18.0 Å². The number of hydrogen-bond donors (Lipinski definition) is 2. The minimum atomic E-state index is -4.61. The van der Waals surface area contributed by atoms with Crippen molar-refractivity contribution in [1.29, 1.82) is 0 Å². The number of furan rings is 1. The molecule has 1 unspecified atom stereocenters. The molecular formula is C11H13F3N2O2. The summed E-state index contributed by atoms with van der Waals surface area (Å²) in [6.45, 7) is 2.10. The van der Waals surface area contributed by atoms with Crippen molar-refractivity contribution >= 4 is 11.6 Å². The third kappa shape index (κ3) is 2.66. The zero-order valence-corrected chi connectivity index (χ0v) is 9.73. The SMILES string of the molecule is Cc1cc(NC(=O)C2CCCN2)c(C(F)(F)F)o1. The van der Waals surface area contributed by atoms with Crippen LogP contribution in [0.3, 0.4) is 0 Å². The van der Waals surface area contributed by atoms with Crippen LogP contribution in [0.4, 0.5) is 18.9 Å². The first kappa shape index (κ1) is 12.9. The number of carbonyl (C=O) groups is 1. The van der Waals surface area contributed by atoms with E-state index in [0.717, 1.165) is 6.42 Å². The van der Waals surface area contributed by atoms with Gasteiger partial charge in [-0.3, -0.25) is 4.79 Å². The Balaban J connectivity index is 2.15. The van der Waals surface area contributed by atoms with Crippen LogP contribution in [-0.4, -0.2) is 18.5 Å². The number of anilines is 1. The molecule has 1 aromatic heterocycles. The van der Waals surface area contributed by atoms with Crippen LogP contribution >= 0.6 is 0 Å². The molecule has 18 heavy (non-hydrogen) atoms. The molecule has 0 bridgehead atoms. The second kappa shape index (κ2) is 4.64. The van der Waals surface area contributed by atoms with Crippen LogP contribution < -0.4 is 10.6 Å². The summed E-state index contributed by atoms with van der Waals surface area (Å²) in [6.07, 6.45) is -3.14. The summed E-state index contributed by atoms with van der Waals surface area (Å²) in [6, 6.07) is 0.747. The fourth-order valence-corrected chi connectivity index (χ4v) is 1.95. The molecule has 0 spiro atoms. The minimum absolute atomic E-state index is 0.108. The molecule has 2 N–H and O–H groups in total. The number of carbonyl (C=O) groups excluding carboxylic acids is 1. The van der Waals surface area contributed by atoms with E-state index in [2.05, 4.69) is 15.1 Å². The van der Waals surface area contributed by atoms with Crippen molar-refractivity contribution in [2.24, 2.45) is 0 Å². The standard InChI is InChI=1S/C11H13F3N2O2/c1-6-5-8(9(18-6)11(12,13)14)16-10(17)7-3-2-4-15-7/h5,7,15H,2-4H2,1H3,(H,16,17). The smallest absolute Gasteiger partial charge is 0.451 e. The third-order valence-electron chi connectivity index (χ3n) is 2.75. The molecule has 1 fully saturated rings. The van der Waals surface area contributed by atoms with Gasteiger partial charge in [0.1, 0.15) is 5.76 Å². The summed E-state index contributed by atoms with van der Waals surface area (Å²) >= 11 is 0. The second-order valence-corrected chi connectivity index (χ2v) is 4.24. The van der Waals surface area contributed by atoms with Crippen LogP contribution in [0.25, 0.3) is 0 Å². The Bertz CT molecular complexity index is 448. The lowest BCUT2D eigenvalue weighted by Crippen LogP contribution is -2.35. The van der Waals surface area contributed by atoms with E-state index in [1.165, 1.54) is 13.0 Å². The molecule has 0 radical (unpaired) electrons. The predicted molar refractivity (Wildman–Crippen MR) is 58.1 cm³/mol. The van der Waals surface area contributed by atoms with Crippen molar-refractivity contribution < 1.29 is 22.4 Å². The van der Waals surface area contributed by atoms with Gasteiger partial charge in [-0.2, -0.15) is 13.2 Å². The molecule has 4 nitrogen and oxygen atoms in total. The summed E-state index contributed by atoms with van der Waals surface area (Å²) in [7, 11) is 0. The molecule has 1 aliphatic heterocycles. The number of rotatable bonds is 2. The summed E-state index contributed by atoms with van der Waals surface area (Å²) in [5.74, 6) is -1.51. The van der Waals surface area contributed by atoms with Gasteiger partial charge >= 0.3 is 6.18 Å². The van der Waals surface area contributed by atoms with E-state index in [1.54, 1.807) is 0 Å². The summed E-state index contributed by atoms with van der Waals surface area (Å²) in [5, 5.41) is 5.18. The number of nitrogens with one attached hydrogen (secondary N) is 2. The van der Waals surface area contributed by atoms with Crippen LogP contribution in [0.2, 0.25) is 0 Å². The monoisotopic (exact) mass is 262 g/mol. The highest BCUT2D eigenvalue weighted by Crippen LogP contribution is 2.37. The lowest BCUT2D eigenvalue weighted by atomic mass is 10.2. The average Bonchev–Trinajstić information content (AvgIpc) is 2.85. The van der Waals surface area contributed by atoms with Gasteiger partial charge in [0.15, 0.2) is 0 Å². The number of aryl methyl sites for hydroxylation is 1. The zero-order chi connectivity index (χ0) is 13.3. The Morgan fingerprint density at radius 1 is 1.56 bits per heavy atom. The van der Waals surface area contributed by atoms with Crippen molar-refractivity contribution in [1.82, 2.24) is 5.32 Å². The summed E-state index contributed by atoms with van der Waals surface area (Å²) in [5.41, 5.74) is -0.321. The maximum Gasteiger partial charge on any atom is 0.451 e. The van der Waals surface area contributed by atoms with E-state index >= 15 is 0 Å². The van der Waals surface area contributed by atoms with Gasteiger partial charge in [-0.1, -0.05) is 0 Å². The minimum Gasteiger partial charge on any atom is -0.455 e. The molecule has 2 rings (SSSR count). The fourth-order valence-electron chi connectivity index (χ4n) is 1.95. The maximum atomic E-state index is 12.6. The highest BCUT2D eigenvalue weighted by molar-refractivity contribution is 5.95. The number of amides is 1. The van der Waals surface area contributed by atoms with Crippen LogP contribution in [0.15, 0.2) is 10.5 Å². The lowest BCUT2D eigenvalue weighted by molar-refractivity contribution is -0.152. The van der Waals surface area contributed by atoms with Crippen molar-refractivity contribution in [2.45, 2.75) is 32.0 Å². The first-order chi connectivity index (χ1) is 8.38. The largest absolute Gasteiger partial charge is 0.455 e. The van der Waals surface area contributed by atoms with Crippen LogP contribution in [0, 0.1) is 6.92 Å². The van der Waals surface area contributed by atoms with Gasteiger partial charge in [0.05, 0.1) is 11.7 Å². The lowest BCUT2D eigenvalue weighted by Gasteiger charge is -2.11. The van der Waals surface area contributed by atoms with Gasteiger partial charge in [0, 0.05) is 6.07 Å². The molecule has 0 aromatic carbocycles. The number of hydrogen-bond acceptors (Lipinski definition) is 3. The molecule has 1 amide bonds. The average molecular weight is 262 g/mol. The number of halogens is 3. The van der Waals surface area contributed by atoms with E-state index < -0.39 is 23.9 Å². The first-order valence-corrected chi connectivity index (χ1v) is 5.60. The Labute approximate surface area is 102 Å². The fraction of sp³-hybridized carbons (Fsp3) is 0.545. The highest BCUT2D eigenvalue weighted by atomic mass is 19.4. The Morgan fingerprint density at radius 2 is 2.28 bits per heavy atom. The molecule has 0 aliphatic carbocycles. The van der Waals surface area contributed by atoms with E-state index in [-0.39, 0.29) is 11.4 Å². The second-order valence-electron chi connectivity index (χ2n) is 4.24. The van der Waals surface area contributed by atoms with Crippen LogP contribution in [0.5, 0.6) is 0 Å². The molecule has 1 aromatic rings. The molecular weight excluding hydrogens is 249 g/mol. The molecule has 2 heterocycles. The first-order valence-electron chi connectivity index (χ1n) is 5.60. The van der Waals surface area contributed by atoms with Crippen molar-refractivity contribution in [3.8, 4) is 0 Å². The molecule has 100 valence electrons. The quantitative estimate of drug-likeness (QED) is 0.859. The molecule has 1 aliphatic rings. The predicted octanol–water partition coefficient (Wildman–Crippen LogP) is 2.30. The molecule has 1 atom stereocenters. The molecule has 0 saturated carbocycles. The van der Waals surface area contributed by atoms with Crippen molar-refractivity contribution in [3.05, 3.63) is 17.6 Å². The van der Waals surface area contributed by atoms with Gasteiger partial charge in [0.25, 0.3) is 0 Å². The molecule has 7 heteroatoms. The Morgan fingerprint density at radius 3 is 2.83 bits per heavy atom. The Kier molecular flexibility index (Phi) is 3.34. The summed E-state index contributed by atoms with van der Waals surface area (Å²) in [4.78, 5) is 11.7. The Hall–Kier alpha value is -1.50. The van der Waals surface area contributed by atoms with E-state index in [4.69, 9.17) is 0 Å².